The number of amides is 1. The topological polar surface area (TPSA) is 45.3 Å². The number of methoxy groups -OCH3 is 2. The van der Waals surface area contributed by atoms with Gasteiger partial charge in [0, 0.05) is 19.2 Å². The fraction of sp³-hybridized carbons (Fsp3) is 0.367. The summed E-state index contributed by atoms with van der Waals surface area (Å²) in [6.45, 7) is 7.58. The van der Waals surface area contributed by atoms with E-state index in [0.29, 0.717) is 24.5 Å². The van der Waals surface area contributed by atoms with Crippen molar-refractivity contribution in [1.82, 2.24) is 9.91 Å². The molecule has 1 amide bonds. The van der Waals surface area contributed by atoms with Crippen molar-refractivity contribution in [3.05, 3.63) is 89.5 Å². The number of nitrogens with zero attached hydrogens (tertiary/aromatic N) is 3. The predicted molar refractivity (Wildman–Crippen MR) is 145 cm³/mol. The first-order chi connectivity index (χ1) is 17.5. The normalized spacial score (nSPS) is 17.1. The first kappa shape index (κ1) is 25.7. The van der Waals surface area contributed by atoms with Crippen molar-refractivity contribution >= 4 is 11.6 Å². The van der Waals surface area contributed by atoms with Gasteiger partial charge in [0.15, 0.2) is 11.5 Å². The Kier molecular flexibility index (Phi) is 7.97. The van der Waals surface area contributed by atoms with Crippen LogP contribution in [0.15, 0.2) is 72.8 Å². The Labute approximate surface area is 215 Å². The molecule has 0 aromatic heterocycles. The summed E-state index contributed by atoms with van der Waals surface area (Å²) in [5.41, 5.74) is 3.20. The molecule has 0 aliphatic carbocycles. The number of para-hydroxylation sites is 2. The van der Waals surface area contributed by atoms with Crippen molar-refractivity contribution in [2.45, 2.75) is 32.2 Å². The van der Waals surface area contributed by atoms with Crippen molar-refractivity contribution in [1.29, 1.82) is 0 Å². The number of anilines is 1. The maximum Gasteiger partial charge on any atom is 0.256 e. The number of rotatable bonds is 11. The molecule has 0 saturated heterocycles. The second kappa shape index (κ2) is 11.1. The minimum atomic E-state index is -0.757. The third-order valence-corrected chi connectivity index (χ3v) is 7.34. The van der Waals surface area contributed by atoms with E-state index in [1.165, 1.54) is 0 Å². The lowest BCUT2D eigenvalue weighted by atomic mass is 9.72. The van der Waals surface area contributed by atoms with Crippen LogP contribution in [-0.4, -0.2) is 56.7 Å². The third-order valence-electron chi connectivity index (χ3n) is 7.34. The van der Waals surface area contributed by atoms with Crippen LogP contribution in [0.25, 0.3) is 0 Å². The molecule has 190 valence electrons. The molecule has 0 saturated carbocycles. The molecule has 0 N–H and O–H groups in total. The van der Waals surface area contributed by atoms with Crippen LogP contribution in [0.2, 0.25) is 0 Å². The second-order valence-electron chi connectivity index (χ2n) is 9.15. The molecule has 36 heavy (non-hydrogen) atoms. The van der Waals surface area contributed by atoms with Crippen LogP contribution in [0.5, 0.6) is 11.5 Å². The van der Waals surface area contributed by atoms with Crippen molar-refractivity contribution in [3.8, 4) is 11.5 Å². The average molecular weight is 488 g/mol. The van der Waals surface area contributed by atoms with Crippen LogP contribution in [0, 0.1) is 0 Å². The van der Waals surface area contributed by atoms with E-state index in [1.54, 1.807) is 14.2 Å². The highest BCUT2D eigenvalue weighted by Crippen LogP contribution is 2.49. The number of carbonyl (C=O) groups is 1. The van der Waals surface area contributed by atoms with Gasteiger partial charge in [0.2, 0.25) is 0 Å². The van der Waals surface area contributed by atoms with Crippen LogP contribution in [0.3, 0.4) is 0 Å². The summed E-state index contributed by atoms with van der Waals surface area (Å²) in [6.07, 6.45) is 0.710. The molecule has 0 radical (unpaired) electrons. The molecule has 1 atom stereocenters. The molecule has 3 aromatic carbocycles. The molecule has 0 spiro atoms. The Bertz CT molecular complexity index is 1180. The highest BCUT2D eigenvalue weighted by atomic mass is 16.5. The highest BCUT2D eigenvalue weighted by molar-refractivity contribution is 6.09. The molecular weight excluding hydrogens is 450 g/mol. The van der Waals surface area contributed by atoms with Gasteiger partial charge in [-0.25, -0.2) is 10.0 Å². The molecule has 1 heterocycles. The summed E-state index contributed by atoms with van der Waals surface area (Å²) in [6, 6.07) is 24.3. The van der Waals surface area contributed by atoms with E-state index in [0.717, 1.165) is 42.0 Å². The van der Waals surface area contributed by atoms with Gasteiger partial charge in [-0.1, -0.05) is 74.5 Å². The fourth-order valence-electron chi connectivity index (χ4n) is 5.41. The number of ether oxygens (including phenoxy) is 2. The number of hydrazine groups is 1. The zero-order valence-corrected chi connectivity index (χ0v) is 22.0. The Hall–Kier alpha value is -3.35. The Morgan fingerprint density at radius 3 is 2.22 bits per heavy atom. The van der Waals surface area contributed by atoms with E-state index in [9.17, 15) is 4.79 Å². The lowest BCUT2D eigenvalue weighted by Gasteiger charge is -2.34. The summed E-state index contributed by atoms with van der Waals surface area (Å²) >= 11 is 0. The number of fused-ring (bicyclic) bond motifs is 1. The lowest BCUT2D eigenvalue weighted by molar-refractivity contribution is -0.125. The van der Waals surface area contributed by atoms with Gasteiger partial charge in [-0.2, -0.15) is 0 Å². The predicted octanol–water partition coefficient (Wildman–Crippen LogP) is 5.12. The summed E-state index contributed by atoms with van der Waals surface area (Å²) < 4.78 is 11.2. The minimum Gasteiger partial charge on any atom is -0.493 e. The van der Waals surface area contributed by atoms with Crippen LogP contribution < -0.4 is 14.5 Å². The van der Waals surface area contributed by atoms with Crippen molar-refractivity contribution in [2.24, 2.45) is 0 Å². The first-order valence-electron chi connectivity index (χ1n) is 12.6. The molecule has 1 aliphatic rings. The van der Waals surface area contributed by atoms with Crippen LogP contribution >= 0.6 is 0 Å². The maximum atomic E-state index is 14.6. The van der Waals surface area contributed by atoms with E-state index in [4.69, 9.17) is 9.47 Å². The standard InChI is InChI=1S/C30H37N3O3/c1-6-32(7-2)21-20-30(24-15-9-8-10-16-24)25-17-11-12-18-26(25)33(29(30)34)31(3)22-23-14-13-19-27(35-4)28(23)36-5/h8-19H,6-7,20-22H2,1-5H3/t30-/m1/s1. The Morgan fingerprint density at radius 1 is 0.861 bits per heavy atom. The van der Waals surface area contributed by atoms with Crippen molar-refractivity contribution in [2.75, 3.05) is 45.9 Å². The fourth-order valence-corrected chi connectivity index (χ4v) is 5.41. The number of benzene rings is 3. The van der Waals surface area contributed by atoms with Gasteiger partial charge < -0.3 is 14.4 Å². The average Bonchev–Trinajstić information content (AvgIpc) is 3.17. The monoisotopic (exact) mass is 487 g/mol. The molecular formula is C30H37N3O3. The van der Waals surface area contributed by atoms with Gasteiger partial charge >= 0.3 is 0 Å². The molecule has 6 heteroatoms. The van der Waals surface area contributed by atoms with Crippen LogP contribution in [0.4, 0.5) is 5.69 Å². The van der Waals surface area contributed by atoms with Crippen LogP contribution in [-0.2, 0) is 16.8 Å². The molecule has 6 nitrogen and oxygen atoms in total. The van der Waals surface area contributed by atoms with Gasteiger partial charge in [-0.3, -0.25) is 4.79 Å². The Balaban J connectivity index is 1.78. The van der Waals surface area contributed by atoms with Gasteiger partial charge in [-0.05, 0) is 49.3 Å². The SMILES string of the molecule is CCN(CC)CC[C@]1(c2ccccc2)C(=O)N(N(C)Cc2cccc(OC)c2OC)c2ccccc21. The maximum absolute atomic E-state index is 14.6. The highest BCUT2D eigenvalue weighted by Gasteiger charge is 2.53. The van der Waals surface area contributed by atoms with Gasteiger partial charge in [0.05, 0.1) is 19.9 Å². The number of carbonyl (C=O) groups excluding carboxylic acids is 1. The van der Waals surface area contributed by atoms with E-state index < -0.39 is 5.41 Å². The largest absolute Gasteiger partial charge is 0.493 e. The summed E-state index contributed by atoms with van der Waals surface area (Å²) in [4.78, 5) is 17.0. The van der Waals surface area contributed by atoms with E-state index in [-0.39, 0.29) is 5.91 Å². The van der Waals surface area contributed by atoms with Gasteiger partial charge in [0.25, 0.3) is 5.91 Å². The van der Waals surface area contributed by atoms with Gasteiger partial charge in [0.1, 0.15) is 5.41 Å². The first-order valence-corrected chi connectivity index (χ1v) is 12.6. The summed E-state index contributed by atoms with van der Waals surface area (Å²) in [5.74, 6) is 1.43. The van der Waals surface area contributed by atoms with E-state index in [2.05, 4.69) is 43.0 Å². The zero-order valence-electron chi connectivity index (χ0n) is 22.0. The van der Waals surface area contributed by atoms with Crippen molar-refractivity contribution in [3.63, 3.8) is 0 Å². The summed E-state index contributed by atoms with van der Waals surface area (Å²) in [5, 5.41) is 3.84. The number of hydrogen-bond acceptors (Lipinski definition) is 5. The molecule has 0 bridgehead atoms. The lowest BCUT2D eigenvalue weighted by Crippen LogP contribution is -2.49. The quantitative estimate of drug-likeness (QED) is 0.376. The Morgan fingerprint density at radius 2 is 1.56 bits per heavy atom. The smallest absolute Gasteiger partial charge is 0.256 e. The molecule has 4 rings (SSSR count). The van der Waals surface area contributed by atoms with E-state index in [1.807, 2.05) is 65.6 Å². The third kappa shape index (κ3) is 4.47. The molecule has 0 fully saturated rings. The second-order valence-corrected chi connectivity index (χ2v) is 9.15. The van der Waals surface area contributed by atoms with E-state index >= 15 is 0 Å². The minimum absolute atomic E-state index is 0.0754. The summed E-state index contributed by atoms with van der Waals surface area (Å²) in [7, 11) is 5.24. The zero-order chi connectivity index (χ0) is 25.7. The number of hydrogen-bond donors (Lipinski definition) is 0. The van der Waals surface area contributed by atoms with Crippen molar-refractivity contribution < 1.29 is 14.3 Å². The molecule has 0 unspecified atom stereocenters. The van der Waals surface area contributed by atoms with Gasteiger partial charge in [-0.15, -0.1) is 0 Å². The molecule has 3 aromatic rings. The molecule has 1 aliphatic heterocycles. The van der Waals surface area contributed by atoms with Crippen LogP contribution in [0.1, 0.15) is 37.0 Å².